The third-order valence-corrected chi connectivity index (χ3v) is 3.91. The average Bonchev–Trinajstić information content (AvgIpc) is 2.40. The predicted octanol–water partition coefficient (Wildman–Crippen LogP) is 2.15. The molecule has 1 rings (SSSR count). The lowest BCUT2D eigenvalue weighted by molar-refractivity contribution is -0.142. The van der Waals surface area contributed by atoms with Gasteiger partial charge in [0.15, 0.2) is 0 Å². The molecule has 0 fully saturated rings. The SMILES string of the molecule is CC(Sc1ccc(Br)cc1)C(=O)NCCOCC(=O)O. The van der Waals surface area contributed by atoms with Gasteiger partial charge in [-0.2, -0.15) is 0 Å². The standard InChI is InChI=1S/C13H16BrNO4S/c1-9(20-11-4-2-10(14)3-5-11)13(18)15-6-7-19-8-12(16)17/h2-5,9H,6-8H2,1H3,(H,15,18)(H,16,17). The molecule has 1 unspecified atom stereocenters. The summed E-state index contributed by atoms with van der Waals surface area (Å²) >= 11 is 4.82. The minimum absolute atomic E-state index is 0.100. The van der Waals surface area contributed by atoms with Crippen molar-refractivity contribution in [2.75, 3.05) is 19.8 Å². The van der Waals surface area contributed by atoms with E-state index in [1.165, 1.54) is 11.8 Å². The molecule has 1 aromatic rings. The van der Waals surface area contributed by atoms with E-state index in [1.807, 2.05) is 31.2 Å². The summed E-state index contributed by atoms with van der Waals surface area (Å²) in [7, 11) is 0. The number of carboxylic acids is 1. The van der Waals surface area contributed by atoms with Crippen molar-refractivity contribution in [3.05, 3.63) is 28.7 Å². The number of halogens is 1. The van der Waals surface area contributed by atoms with Crippen LogP contribution in [0.3, 0.4) is 0 Å². The number of thioether (sulfide) groups is 1. The largest absolute Gasteiger partial charge is 0.480 e. The zero-order valence-corrected chi connectivity index (χ0v) is 13.4. The van der Waals surface area contributed by atoms with Crippen molar-refractivity contribution in [1.82, 2.24) is 5.32 Å². The molecule has 0 aromatic heterocycles. The highest BCUT2D eigenvalue weighted by molar-refractivity contribution is 9.10. The number of nitrogens with one attached hydrogen (secondary N) is 1. The van der Waals surface area contributed by atoms with E-state index < -0.39 is 5.97 Å². The minimum atomic E-state index is -1.02. The molecule has 0 aliphatic heterocycles. The Kier molecular flexibility index (Phi) is 7.64. The summed E-state index contributed by atoms with van der Waals surface area (Å²) < 4.78 is 5.83. The van der Waals surface area contributed by atoms with E-state index in [1.54, 1.807) is 0 Å². The van der Waals surface area contributed by atoms with Crippen LogP contribution in [0.15, 0.2) is 33.6 Å². The third kappa shape index (κ3) is 6.93. The number of rotatable bonds is 8. The maximum absolute atomic E-state index is 11.8. The Morgan fingerprint density at radius 1 is 1.40 bits per heavy atom. The molecule has 2 N–H and O–H groups in total. The summed E-state index contributed by atoms with van der Waals surface area (Å²) in [5.74, 6) is -1.12. The van der Waals surface area contributed by atoms with Crippen LogP contribution in [0.4, 0.5) is 0 Å². The number of benzene rings is 1. The molecule has 20 heavy (non-hydrogen) atoms. The Balaban J connectivity index is 2.25. The fourth-order valence-electron chi connectivity index (χ4n) is 1.32. The number of ether oxygens (including phenoxy) is 1. The van der Waals surface area contributed by atoms with Gasteiger partial charge >= 0.3 is 5.97 Å². The highest BCUT2D eigenvalue weighted by atomic mass is 79.9. The normalized spacial score (nSPS) is 11.9. The summed E-state index contributed by atoms with van der Waals surface area (Å²) in [6, 6.07) is 7.72. The van der Waals surface area contributed by atoms with Crippen LogP contribution in [-0.2, 0) is 14.3 Å². The van der Waals surface area contributed by atoms with E-state index >= 15 is 0 Å². The Hall–Kier alpha value is -1.05. The first-order valence-corrected chi connectivity index (χ1v) is 7.66. The van der Waals surface area contributed by atoms with Crippen molar-refractivity contribution < 1.29 is 19.4 Å². The maximum atomic E-state index is 11.8. The molecule has 0 heterocycles. The van der Waals surface area contributed by atoms with Crippen LogP contribution >= 0.6 is 27.7 Å². The Labute approximate surface area is 130 Å². The Morgan fingerprint density at radius 2 is 2.05 bits per heavy atom. The number of hydrogen-bond acceptors (Lipinski definition) is 4. The Bertz CT molecular complexity index is 452. The third-order valence-electron chi connectivity index (χ3n) is 2.27. The number of aliphatic carboxylic acids is 1. The number of carbonyl (C=O) groups is 2. The van der Waals surface area contributed by atoms with Crippen LogP contribution in [0.25, 0.3) is 0 Å². The van der Waals surface area contributed by atoms with Crippen molar-refractivity contribution >= 4 is 39.6 Å². The zero-order chi connectivity index (χ0) is 15.0. The average molecular weight is 362 g/mol. The van der Waals surface area contributed by atoms with Gasteiger partial charge in [-0.15, -0.1) is 11.8 Å². The van der Waals surface area contributed by atoms with Crippen molar-refractivity contribution in [3.8, 4) is 0 Å². The fraction of sp³-hybridized carbons (Fsp3) is 0.385. The summed E-state index contributed by atoms with van der Waals surface area (Å²) in [5.41, 5.74) is 0. The van der Waals surface area contributed by atoms with Gasteiger partial charge in [0, 0.05) is 15.9 Å². The highest BCUT2D eigenvalue weighted by Crippen LogP contribution is 2.24. The molecule has 1 aromatic carbocycles. The second kappa shape index (κ2) is 8.99. The molecule has 0 aliphatic carbocycles. The molecule has 110 valence electrons. The molecule has 0 saturated heterocycles. The van der Waals surface area contributed by atoms with Crippen LogP contribution in [0.1, 0.15) is 6.92 Å². The van der Waals surface area contributed by atoms with Crippen LogP contribution in [0.2, 0.25) is 0 Å². The smallest absolute Gasteiger partial charge is 0.329 e. The fourth-order valence-corrected chi connectivity index (χ4v) is 2.48. The molecule has 0 spiro atoms. The Morgan fingerprint density at radius 3 is 2.65 bits per heavy atom. The maximum Gasteiger partial charge on any atom is 0.329 e. The molecule has 0 radical (unpaired) electrons. The van der Waals surface area contributed by atoms with Gasteiger partial charge in [-0.3, -0.25) is 4.79 Å². The van der Waals surface area contributed by atoms with Crippen LogP contribution in [-0.4, -0.2) is 42.0 Å². The molecule has 7 heteroatoms. The van der Waals surface area contributed by atoms with E-state index in [9.17, 15) is 9.59 Å². The zero-order valence-electron chi connectivity index (χ0n) is 11.0. The number of hydrogen-bond donors (Lipinski definition) is 2. The van der Waals surface area contributed by atoms with Crippen LogP contribution in [0.5, 0.6) is 0 Å². The van der Waals surface area contributed by atoms with Gasteiger partial charge in [-0.05, 0) is 31.2 Å². The monoisotopic (exact) mass is 361 g/mol. The van der Waals surface area contributed by atoms with Crippen molar-refractivity contribution in [3.63, 3.8) is 0 Å². The molecular weight excluding hydrogens is 346 g/mol. The minimum Gasteiger partial charge on any atom is -0.480 e. The summed E-state index contributed by atoms with van der Waals surface area (Å²) in [6.45, 7) is 1.96. The lowest BCUT2D eigenvalue weighted by atomic mass is 10.4. The van der Waals surface area contributed by atoms with Gasteiger partial charge in [-0.1, -0.05) is 15.9 Å². The van der Waals surface area contributed by atoms with Gasteiger partial charge in [0.1, 0.15) is 6.61 Å². The van der Waals surface area contributed by atoms with Crippen molar-refractivity contribution in [2.45, 2.75) is 17.1 Å². The van der Waals surface area contributed by atoms with Gasteiger partial charge in [0.05, 0.1) is 11.9 Å². The highest BCUT2D eigenvalue weighted by Gasteiger charge is 2.13. The number of carboxylic acid groups (broad SMARTS) is 1. The van der Waals surface area contributed by atoms with Crippen LogP contribution in [0, 0.1) is 0 Å². The van der Waals surface area contributed by atoms with E-state index in [4.69, 9.17) is 9.84 Å². The summed E-state index contributed by atoms with van der Waals surface area (Å²) in [6.07, 6.45) is 0. The molecule has 5 nitrogen and oxygen atoms in total. The van der Waals surface area contributed by atoms with E-state index in [2.05, 4.69) is 21.2 Å². The summed E-state index contributed by atoms with van der Waals surface area (Å²) in [4.78, 5) is 23.0. The van der Waals surface area contributed by atoms with Crippen LogP contribution < -0.4 is 5.32 Å². The first-order chi connectivity index (χ1) is 9.49. The van der Waals surface area contributed by atoms with E-state index in [0.717, 1.165) is 9.37 Å². The van der Waals surface area contributed by atoms with Crippen molar-refractivity contribution in [2.24, 2.45) is 0 Å². The lowest BCUT2D eigenvalue weighted by Crippen LogP contribution is -2.33. The van der Waals surface area contributed by atoms with Gasteiger partial charge in [0.2, 0.25) is 5.91 Å². The number of carbonyl (C=O) groups excluding carboxylic acids is 1. The van der Waals surface area contributed by atoms with E-state index in [0.29, 0.717) is 6.54 Å². The second-order valence-corrected chi connectivity index (χ2v) is 6.28. The quantitative estimate of drug-likeness (QED) is 0.548. The molecule has 0 aliphatic rings. The van der Waals surface area contributed by atoms with E-state index in [-0.39, 0.29) is 24.4 Å². The predicted molar refractivity (Wildman–Crippen MR) is 80.9 cm³/mol. The molecule has 0 bridgehead atoms. The number of amides is 1. The summed E-state index contributed by atoms with van der Waals surface area (Å²) in [5, 5.41) is 10.8. The topological polar surface area (TPSA) is 75.6 Å². The molecular formula is C13H16BrNO4S. The molecule has 0 saturated carbocycles. The van der Waals surface area contributed by atoms with Gasteiger partial charge < -0.3 is 15.2 Å². The van der Waals surface area contributed by atoms with Gasteiger partial charge in [0.25, 0.3) is 0 Å². The van der Waals surface area contributed by atoms with Crippen molar-refractivity contribution in [1.29, 1.82) is 0 Å². The molecule has 1 amide bonds. The first-order valence-electron chi connectivity index (χ1n) is 5.98. The first kappa shape index (κ1) is 17.0. The lowest BCUT2D eigenvalue weighted by Gasteiger charge is -2.12. The molecule has 1 atom stereocenters. The second-order valence-electron chi connectivity index (χ2n) is 3.95. The van der Waals surface area contributed by atoms with Gasteiger partial charge in [-0.25, -0.2) is 4.79 Å².